The second kappa shape index (κ2) is 10.5. The molecule has 148 valence electrons. The Labute approximate surface area is 165 Å². The van der Waals surface area contributed by atoms with Gasteiger partial charge in [0.15, 0.2) is 5.16 Å². The van der Waals surface area contributed by atoms with Crippen molar-refractivity contribution < 1.29 is 9.18 Å². The van der Waals surface area contributed by atoms with Crippen LogP contribution >= 0.6 is 11.8 Å². The molecule has 7 nitrogen and oxygen atoms in total. The number of rotatable bonds is 9. The molecular formula is C19H21FN4O3S. The van der Waals surface area contributed by atoms with Crippen molar-refractivity contribution in [1.29, 1.82) is 0 Å². The molecule has 2 rings (SSSR count). The van der Waals surface area contributed by atoms with Gasteiger partial charge in [0, 0.05) is 43.4 Å². The molecule has 0 radical (unpaired) electrons. The molecule has 0 atom stereocenters. The lowest BCUT2D eigenvalue weighted by Crippen LogP contribution is -2.24. The smallest absolute Gasteiger partial charge is 0.330 e. The third-order valence-electron chi connectivity index (χ3n) is 3.86. The molecule has 28 heavy (non-hydrogen) atoms. The molecule has 0 saturated heterocycles. The van der Waals surface area contributed by atoms with E-state index in [1.54, 1.807) is 23.9 Å². The number of allylic oxidation sites excluding steroid dienone is 3. The lowest BCUT2D eigenvalue weighted by Gasteiger charge is -2.10. The standard InChI is InChI=1S/C19H21FN4O3S/c1-3-14(5-4-6-20)13-28-19-22-17(26)16(12-23(19)2)9-15-10-21-18(27)24(11-15)7-8-25/h3-5,8,10-12H,6-7,9,13H2,1-2H3/b5-4-,14-3+. The van der Waals surface area contributed by atoms with E-state index >= 15 is 0 Å². The molecule has 9 heteroatoms. The summed E-state index contributed by atoms with van der Waals surface area (Å²) in [7, 11) is 1.79. The van der Waals surface area contributed by atoms with Gasteiger partial charge in [0.1, 0.15) is 13.0 Å². The largest absolute Gasteiger partial charge is 0.347 e. The van der Waals surface area contributed by atoms with Crippen LogP contribution in [0.5, 0.6) is 0 Å². The lowest BCUT2D eigenvalue weighted by atomic mass is 10.1. The van der Waals surface area contributed by atoms with E-state index < -0.39 is 12.4 Å². The van der Waals surface area contributed by atoms with Crippen molar-refractivity contribution in [2.24, 2.45) is 7.05 Å². The molecule has 0 amide bonds. The molecule has 2 heterocycles. The van der Waals surface area contributed by atoms with Crippen molar-refractivity contribution >= 4 is 18.0 Å². The number of carbonyl (C=O) groups is 1. The maximum atomic E-state index is 12.4. The first-order valence-corrected chi connectivity index (χ1v) is 9.53. The number of alkyl halides is 1. The van der Waals surface area contributed by atoms with Gasteiger partial charge in [0.05, 0.1) is 6.54 Å². The van der Waals surface area contributed by atoms with E-state index in [-0.39, 0.29) is 18.5 Å². The zero-order valence-electron chi connectivity index (χ0n) is 15.7. The third kappa shape index (κ3) is 5.85. The predicted molar refractivity (Wildman–Crippen MR) is 106 cm³/mol. The number of hydrogen-bond acceptors (Lipinski definition) is 6. The molecule has 2 aromatic rings. The van der Waals surface area contributed by atoms with Crippen LogP contribution in [0.15, 0.2) is 57.1 Å². The first kappa shape index (κ1) is 21.5. The Kier molecular flexibility index (Phi) is 8.06. The van der Waals surface area contributed by atoms with Crippen LogP contribution in [0.4, 0.5) is 4.39 Å². The first-order valence-electron chi connectivity index (χ1n) is 8.54. The van der Waals surface area contributed by atoms with Crippen LogP contribution in [0.3, 0.4) is 0 Å². The average Bonchev–Trinajstić information content (AvgIpc) is 2.68. The van der Waals surface area contributed by atoms with E-state index in [2.05, 4.69) is 9.97 Å². The number of carbonyl (C=O) groups excluding carboxylic acids is 1. The van der Waals surface area contributed by atoms with E-state index in [1.807, 2.05) is 13.0 Å². The van der Waals surface area contributed by atoms with Crippen LogP contribution in [-0.4, -0.2) is 37.8 Å². The monoisotopic (exact) mass is 404 g/mol. The van der Waals surface area contributed by atoms with Crippen LogP contribution < -0.4 is 11.2 Å². The SMILES string of the molecule is C/C=C(\C=C/CF)CSc1nc(=O)c(Cc2cnc(=O)n(CC=O)c2)cn1C. The molecule has 0 aliphatic heterocycles. The number of aryl methyl sites for hydroxylation is 1. The van der Waals surface area contributed by atoms with Crippen molar-refractivity contribution in [2.75, 3.05) is 12.4 Å². The molecule has 0 unspecified atom stereocenters. The van der Waals surface area contributed by atoms with Crippen LogP contribution in [0.25, 0.3) is 0 Å². The summed E-state index contributed by atoms with van der Waals surface area (Å²) in [4.78, 5) is 42.5. The Bertz CT molecular complexity index is 1010. The second-order valence-corrected chi connectivity index (χ2v) is 6.86. The van der Waals surface area contributed by atoms with Gasteiger partial charge < -0.3 is 9.36 Å². The normalized spacial score (nSPS) is 11.9. The Morgan fingerprint density at radius 2 is 2.11 bits per heavy atom. The number of halogens is 1. The van der Waals surface area contributed by atoms with E-state index in [4.69, 9.17) is 0 Å². The van der Waals surface area contributed by atoms with Crippen LogP contribution in [-0.2, 0) is 24.8 Å². The van der Waals surface area contributed by atoms with E-state index in [9.17, 15) is 18.8 Å². The summed E-state index contributed by atoms with van der Waals surface area (Å²) < 4.78 is 15.2. The number of aldehydes is 1. The fourth-order valence-corrected chi connectivity index (χ4v) is 3.39. The van der Waals surface area contributed by atoms with Crippen molar-refractivity contribution in [3.63, 3.8) is 0 Å². The molecular weight excluding hydrogens is 383 g/mol. The number of nitrogens with zero attached hydrogens (tertiary/aromatic N) is 4. The van der Waals surface area contributed by atoms with Gasteiger partial charge in [-0.05, 0) is 18.1 Å². The summed E-state index contributed by atoms with van der Waals surface area (Å²) in [6.45, 7) is 1.25. The highest BCUT2D eigenvalue weighted by atomic mass is 32.2. The van der Waals surface area contributed by atoms with Gasteiger partial charge in [-0.1, -0.05) is 30.0 Å². The zero-order valence-corrected chi connectivity index (χ0v) is 16.5. The molecule has 0 spiro atoms. The highest BCUT2D eigenvalue weighted by Crippen LogP contribution is 2.18. The Morgan fingerprint density at radius 1 is 1.32 bits per heavy atom. The van der Waals surface area contributed by atoms with Gasteiger partial charge in [0.25, 0.3) is 5.56 Å². The first-order chi connectivity index (χ1) is 13.5. The molecule has 0 aliphatic rings. The molecule has 0 N–H and O–H groups in total. The summed E-state index contributed by atoms with van der Waals surface area (Å²) >= 11 is 1.38. The number of thioether (sulfide) groups is 1. The predicted octanol–water partition coefficient (Wildman–Crippen LogP) is 1.69. The van der Waals surface area contributed by atoms with E-state index in [0.29, 0.717) is 28.3 Å². The summed E-state index contributed by atoms with van der Waals surface area (Å²) in [5.74, 6) is 0.563. The fourth-order valence-electron chi connectivity index (χ4n) is 2.43. The topological polar surface area (TPSA) is 86.8 Å². The fraction of sp³-hybridized carbons (Fsp3) is 0.316. The molecule has 0 saturated carbocycles. The third-order valence-corrected chi connectivity index (χ3v) is 4.97. The maximum absolute atomic E-state index is 12.4. The molecule has 0 aliphatic carbocycles. The van der Waals surface area contributed by atoms with Crippen LogP contribution in [0.2, 0.25) is 0 Å². The summed E-state index contributed by atoms with van der Waals surface area (Å²) in [5.41, 5.74) is 1.14. The molecule has 0 bridgehead atoms. The average molecular weight is 404 g/mol. The Morgan fingerprint density at radius 3 is 2.79 bits per heavy atom. The van der Waals surface area contributed by atoms with Gasteiger partial charge in [-0.15, -0.1) is 0 Å². The Balaban J connectivity index is 2.19. The minimum atomic E-state index is -0.525. The van der Waals surface area contributed by atoms with E-state index in [0.717, 1.165) is 5.57 Å². The van der Waals surface area contributed by atoms with Crippen LogP contribution in [0.1, 0.15) is 18.1 Å². The van der Waals surface area contributed by atoms with Crippen molar-refractivity contribution in [3.8, 4) is 0 Å². The maximum Gasteiger partial charge on any atom is 0.347 e. The summed E-state index contributed by atoms with van der Waals surface area (Å²) in [6, 6.07) is 0. The zero-order chi connectivity index (χ0) is 20.5. The summed E-state index contributed by atoms with van der Waals surface area (Å²) in [5, 5.41) is 0.547. The number of hydrogen-bond donors (Lipinski definition) is 0. The van der Waals surface area contributed by atoms with Gasteiger partial charge in [-0.2, -0.15) is 4.98 Å². The van der Waals surface area contributed by atoms with Crippen LogP contribution in [0, 0.1) is 0 Å². The molecule has 0 fully saturated rings. The van der Waals surface area contributed by atoms with E-state index in [1.165, 1.54) is 34.8 Å². The molecule has 2 aromatic heterocycles. The van der Waals surface area contributed by atoms with Crippen molar-refractivity contribution in [2.45, 2.75) is 25.0 Å². The van der Waals surface area contributed by atoms with Gasteiger partial charge in [0.2, 0.25) is 0 Å². The van der Waals surface area contributed by atoms with Gasteiger partial charge >= 0.3 is 5.69 Å². The lowest BCUT2D eigenvalue weighted by molar-refractivity contribution is -0.108. The second-order valence-electron chi connectivity index (χ2n) is 5.91. The van der Waals surface area contributed by atoms with Gasteiger partial charge in [-0.3, -0.25) is 9.36 Å². The summed E-state index contributed by atoms with van der Waals surface area (Å²) in [6.07, 6.45) is 10.5. The highest BCUT2D eigenvalue weighted by Gasteiger charge is 2.10. The minimum absolute atomic E-state index is 0.0877. The Hall–Kier alpha value is -2.81. The quantitative estimate of drug-likeness (QED) is 0.274. The number of aromatic nitrogens is 4. The van der Waals surface area contributed by atoms with Gasteiger partial charge in [-0.25, -0.2) is 14.2 Å². The van der Waals surface area contributed by atoms with Crippen molar-refractivity contribution in [1.82, 2.24) is 19.1 Å². The highest BCUT2D eigenvalue weighted by molar-refractivity contribution is 7.99. The van der Waals surface area contributed by atoms with Crippen molar-refractivity contribution in [3.05, 3.63) is 74.4 Å². The minimum Gasteiger partial charge on any atom is -0.330 e. The molecule has 0 aromatic carbocycles.